The summed E-state index contributed by atoms with van der Waals surface area (Å²) in [5, 5.41) is 5.66. The van der Waals surface area contributed by atoms with E-state index in [0.29, 0.717) is 12.1 Å². The smallest absolute Gasteiger partial charge is 0.237 e. The van der Waals surface area contributed by atoms with Crippen LogP contribution in [0.3, 0.4) is 0 Å². The predicted molar refractivity (Wildman–Crippen MR) is 116 cm³/mol. The summed E-state index contributed by atoms with van der Waals surface area (Å²) in [6, 6.07) is 4.98. The molecule has 2 amide bonds. The number of benzene rings is 1. The fraction of sp³-hybridized carbons (Fsp3) is 0.619. The minimum absolute atomic E-state index is 0.0467. The molecule has 1 aliphatic heterocycles. The first-order chi connectivity index (χ1) is 13.9. The first kappa shape index (κ1) is 22.2. The van der Waals surface area contributed by atoms with E-state index in [4.69, 9.17) is 0 Å². The van der Waals surface area contributed by atoms with Gasteiger partial charge in [0.1, 0.15) is 0 Å². The number of hydrogen-bond donors (Lipinski definition) is 2. The van der Waals surface area contributed by atoms with Crippen LogP contribution in [-0.2, 0) is 19.4 Å². The lowest BCUT2D eigenvalue weighted by molar-refractivity contribution is -0.121. The maximum absolute atomic E-state index is 12.7. The molecule has 1 atom stereocenters. The molecular formula is C21H30N2O4S2. The SMILES string of the molecule is CC[C@@H]1Sc2ccc(S(=O)(=O)CCC(=O)NC3CCCCCCC3)cc2NC1=O. The Bertz CT molecular complexity index is 846. The van der Waals surface area contributed by atoms with Gasteiger partial charge in [-0.1, -0.05) is 39.0 Å². The van der Waals surface area contributed by atoms with Crippen LogP contribution in [0.15, 0.2) is 28.0 Å². The Morgan fingerprint density at radius 1 is 1.17 bits per heavy atom. The number of amides is 2. The van der Waals surface area contributed by atoms with Gasteiger partial charge in [0.15, 0.2) is 9.84 Å². The molecule has 2 N–H and O–H groups in total. The van der Waals surface area contributed by atoms with Gasteiger partial charge in [0, 0.05) is 17.4 Å². The third-order valence-corrected chi connectivity index (χ3v) is 8.72. The zero-order valence-electron chi connectivity index (χ0n) is 16.9. The number of sulfone groups is 1. The zero-order valence-corrected chi connectivity index (χ0v) is 18.5. The van der Waals surface area contributed by atoms with E-state index in [9.17, 15) is 18.0 Å². The van der Waals surface area contributed by atoms with Crippen molar-refractivity contribution in [1.29, 1.82) is 0 Å². The van der Waals surface area contributed by atoms with E-state index in [1.54, 1.807) is 12.1 Å². The minimum Gasteiger partial charge on any atom is -0.353 e. The number of rotatable bonds is 6. The molecule has 0 spiro atoms. The van der Waals surface area contributed by atoms with Gasteiger partial charge in [-0.3, -0.25) is 9.59 Å². The molecule has 1 aromatic rings. The molecule has 0 saturated heterocycles. The molecule has 1 aliphatic carbocycles. The molecule has 0 radical (unpaired) electrons. The van der Waals surface area contributed by atoms with Crippen LogP contribution in [0.1, 0.15) is 64.7 Å². The largest absolute Gasteiger partial charge is 0.353 e. The van der Waals surface area contributed by atoms with E-state index < -0.39 is 9.84 Å². The van der Waals surface area contributed by atoms with E-state index in [1.807, 2.05) is 6.92 Å². The van der Waals surface area contributed by atoms with Crippen LogP contribution in [0.5, 0.6) is 0 Å². The van der Waals surface area contributed by atoms with Crippen molar-refractivity contribution >= 4 is 39.1 Å². The average molecular weight is 439 g/mol. The fourth-order valence-electron chi connectivity index (χ4n) is 3.84. The highest BCUT2D eigenvalue weighted by atomic mass is 32.2. The van der Waals surface area contributed by atoms with E-state index in [1.165, 1.54) is 37.1 Å². The highest BCUT2D eigenvalue weighted by Gasteiger charge is 2.27. The lowest BCUT2D eigenvalue weighted by Crippen LogP contribution is -2.36. The van der Waals surface area contributed by atoms with Crippen LogP contribution in [0, 0.1) is 0 Å². The number of carbonyl (C=O) groups excluding carboxylic acids is 2. The molecule has 0 bridgehead atoms. The van der Waals surface area contributed by atoms with Crippen molar-refractivity contribution in [3.63, 3.8) is 0 Å². The minimum atomic E-state index is -3.60. The molecule has 29 heavy (non-hydrogen) atoms. The Labute approximate surface area is 177 Å². The van der Waals surface area contributed by atoms with Crippen molar-refractivity contribution in [3.8, 4) is 0 Å². The van der Waals surface area contributed by atoms with Gasteiger partial charge in [-0.25, -0.2) is 8.42 Å². The Morgan fingerprint density at radius 3 is 2.55 bits per heavy atom. The maximum Gasteiger partial charge on any atom is 0.237 e. The normalized spacial score (nSPS) is 20.9. The van der Waals surface area contributed by atoms with Crippen LogP contribution >= 0.6 is 11.8 Å². The summed E-state index contributed by atoms with van der Waals surface area (Å²) in [7, 11) is -3.60. The highest BCUT2D eigenvalue weighted by Crippen LogP contribution is 2.38. The van der Waals surface area contributed by atoms with E-state index in [0.717, 1.165) is 30.6 Å². The molecule has 0 unspecified atom stereocenters. The Kier molecular flexibility index (Phi) is 7.62. The first-order valence-corrected chi connectivity index (χ1v) is 13.1. The van der Waals surface area contributed by atoms with Crippen molar-refractivity contribution < 1.29 is 18.0 Å². The molecule has 1 aromatic carbocycles. The second-order valence-corrected chi connectivity index (χ2v) is 11.2. The van der Waals surface area contributed by atoms with Crippen LogP contribution in [0.4, 0.5) is 5.69 Å². The van der Waals surface area contributed by atoms with Gasteiger partial charge < -0.3 is 10.6 Å². The van der Waals surface area contributed by atoms with Crippen LogP contribution in [-0.4, -0.2) is 37.3 Å². The second-order valence-electron chi connectivity index (χ2n) is 7.84. The quantitative estimate of drug-likeness (QED) is 0.703. The number of hydrogen-bond acceptors (Lipinski definition) is 5. The fourth-order valence-corrected chi connectivity index (χ4v) is 6.12. The molecule has 1 saturated carbocycles. The molecule has 1 heterocycles. The number of thioether (sulfide) groups is 1. The standard InChI is InChI=1S/C21H30N2O4S2/c1-2-18-21(25)23-17-14-16(10-11-19(17)28-18)29(26,27)13-12-20(24)22-15-8-6-4-3-5-7-9-15/h10-11,14-15,18H,2-9,12-13H2,1H3,(H,22,24)(H,23,25)/t18-/m0/s1. The topological polar surface area (TPSA) is 92.3 Å². The van der Waals surface area contributed by atoms with Crippen molar-refractivity contribution in [3.05, 3.63) is 18.2 Å². The van der Waals surface area contributed by atoms with Gasteiger partial charge >= 0.3 is 0 Å². The van der Waals surface area contributed by atoms with Crippen molar-refractivity contribution in [1.82, 2.24) is 5.32 Å². The lowest BCUT2D eigenvalue weighted by Gasteiger charge is -2.23. The van der Waals surface area contributed by atoms with Crippen LogP contribution < -0.4 is 10.6 Å². The van der Waals surface area contributed by atoms with Gasteiger partial charge in [0.2, 0.25) is 11.8 Å². The van der Waals surface area contributed by atoms with Gasteiger partial charge in [-0.2, -0.15) is 0 Å². The third-order valence-electron chi connectivity index (χ3n) is 5.57. The molecule has 1 fully saturated rings. The molecule has 2 aliphatic rings. The Hall–Kier alpha value is -1.54. The predicted octanol–water partition coefficient (Wildman–Crippen LogP) is 3.90. The summed E-state index contributed by atoms with van der Waals surface area (Å²) in [6.45, 7) is 1.95. The Morgan fingerprint density at radius 2 is 1.86 bits per heavy atom. The molecule has 8 heteroatoms. The summed E-state index contributed by atoms with van der Waals surface area (Å²) in [4.78, 5) is 25.4. The lowest BCUT2D eigenvalue weighted by atomic mass is 9.97. The van der Waals surface area contributed by atoms with Crippen LogP contribution in [0.2, 0.25) is 0 Å². The molecule has 160 valence electrons. The number of anilines is 1. The molecule has 6 nitrogen and oxygen atoms in total. The third kappa shape index (κ3) is 5.98. The second kappa shape index (κ2) is 9.98. The first-order valence-electron chi connectivity index (χ1n) is 10.5. The number of fused-ring (bicyclic) bond motifs is 1. The summed E-state index contributed by atoms with van der Waals surface area (Å²) in [5.41, 5.74) is 0.532. The van der Waals surface area contributed by atoms with Gasteiger partial charge in [-0.15, -0.1) is 11.8 Å². The maximum atomic E-state index is 12.7. The van der Waals surface area contributed by atoms with E-state index in [2.05, 4.69) is 10.6 Å². The van der Waals surface area contributed by atoms with Gasteiger partial charge in [0.05, 0.1) is 21.6 Å². The number of nitrogens with one attached hydrogen (secondary N) is 2. The van der Waals surface area contributed by atoms with Crippen molar-refractivity contribution in [2.45, 2.75) is 85.8 Å². The summed E-state index contributed by atoms with van der Waals surface area (Å²) in [5.74, 6) is -0.534. The summed E-state index contributed by atoms with van der Waals surface area (Å²) < 4.78 is 25.4. The zero-order chi connectivity index (χ0) is 20.9. The number of carbonyl (C=O) groups is 2. The van der Waals surface area contributed by atoms with Crippen molar-refractivity contribution in [2.75, 3.05) is 11.1 Å². The van der Waals surface area contributed by atoms with E-state index >= 15 is 0 Å². The Balaban J connectivity index is 1.59. The summed E-state index contributed by atoms with van der Waals surface area (Å²) in [6.07, 6.45) is 8.50. The van der Waals surface area contributed by atoms with Gasteiger partial charge in [-0.05, 0) is 37.5 Å². The van der Waals surface area contributed by atoms with Crippen LogP contribution in [0.25, 0.3) is 0 Å². The summed E-state index contributed by atoms with van der Waals surface area (Å²) >= 11 is 1.45. The highest BCUT2D eigenvalue weighted by molar-refractivity contribution is 8.01. The van der Waals surface area contributed by atoms with E-state index in [-0.39, 0.29) is 40.2 Å². The molecule has 0 aromatic heterocycles. The molecular weight excluding hydrogens is 408 g/mol. The van der Waals surface area contributed by atoms with Gasteiger partial charge in [0.25, 0.3) is 0 Å². The molecule has 3 rings (SSSR count). The average Bonchev–Trinajstić information content (AvgIpc) is 2.67. The van der Waals surface area contributed by atoms with Crippen molar-refractivity contribution in [2.24, 2.45) is 0 Å². The monoisotopic (exact) mass is 438 g/mol.